The van der Waals surface area contributed by atoms with E-state index in [1.54, 1.807) is 31.2 Å². The molecule has 0 saturated carbocycles. The number of nitrogens with zero attached hydrogens (tertiary/aromatic N) is 6. The monoisotopic (exact) mass is 481 g/mol. The first kappa shape index (κ1) is 24.3. The number of ether oxygens (including phenoxy) is 1. The van der Waals surface area contributed by atoms with Crippen LogP contribution in [-0.2, 0) is 4.79 Å². The van der Waals surface area contributed by atoms with Crippen molar-refractivity contribution in [3.05, 3.63) is 65.0 Å². The van der Waals surface area contributed by atoms with Gasteiger partial charge >= 0.3 is 0 Å². The van der Waals surface area contributed by atoms with Crippen LogP contribution in [0.5, 0.6) is 5.88 Å². The molecule has 4 rings (SSSR count). The topological polar surface area (TPSA) is 105 Å². The van der Waals surface area contributed by atoms with Crippen LogP contribution in [-0.4, -0.2) is 76.9 Å². The minimum Gasteiger partial charge on any atom is -0.476 e. The van der Waals surface area contributed by atoms with E-state index in [9.17, 15) is 14.0 Å². The van der Waals surface area contributed by atoms with Gasteiger partial charge in [0.15, 0.2) is 0 Å². The lowest BCUT2D eigenvalue weighted by Crippen LogP contribution is -2.44. The van der Waals surface area contributed by atoms with Gasteiger partial charge in [-0.05, 0) is 44.3 Å². The Morgan fingerprint density at radius 3 is 2.60 bits per heavy atom. The van der Waals surface area contributed by atoms with Crippen molar-refractivity contribution < 1.29 is 13.9 Å². The summed E-state index contributed by atoms with van der Waals surface area (Å²) in [6.45, 7) is 5.72. The van der Waals surface area contributed by atoms with Crippen molar-refractivity contribution in [1.29, 1.82) is 0 Å². The van der Waals surface area contributed by atoms with Crippen LogP contribution in [0.25, 0.3) is 11.3 Å². The van der Waals surface area contributed by atoms with Gasteiger partial charge in [-0.15, -0.1) is 0 Å². The Labute approximate surface area is 202 Å². The van der Waals surface area contributed by atoms with E-state index in [0.717, 1.165) is 36.7 Å². The molecule has 1 fully saturated rings. The third-order valence-electron chi connectivity index (χ3n) is 5.82. The molecule has 3 aromatic rings. The lowest BCUT2D eigenvalue weighted by atomic mass is 10.1. The molecule has 1 unspecified atom stereocenters. The highest BCUT2D eigenvalue weighted by Gasteiger charge is 2.18. The number of carbonyl (C=O) groups is 1. The molecule has 0 aliphatic carbocycles. The number of amides is 1. The largest absolute Gasteiger partial charge is 0.476 e. The van der Waals surface area contributed by atoms with E-state index in [2.05, 4.69) is 37.2 Å². The third kappa shape index (κ3) is 6.18. The van der Waals surface area contributed by atoms with E-state index >= 15 is 0 Å². The number of rotatable bonds is 8. The summed E-state index contributed by atoms with van der Waals surface area (Å²) in [4.78, 5) is 37.9. The Kier molecular flexibility index (Phi) is 7.66. The van der Waals surface area contributed by atoms with Gasteiger partial charge in [-0.1, -0.05) is 0 Å². The third-order valence-corrected chi connectivity index (χ3v) is 5.82. The van der Waals surface area contributed by atoms with Gasteiger partial charge in [0.1, 0.15) is 30.6 Å². The zero-order valence-electron chi connectivity index (χ0n) is 19.7. The average molecular weight is 482 g/mol. The van der Waals surface area contributed by atoms with E-state index < -0.39 is 11.6 Å². The number of piperazine rings is 1. The summed E-state index contributed by atoms with van der Waals surface area (Å²) in [6.07, 6.45) is 1.47. The van der Waals surface area contributed by atoms with Gasteiger partial charge in [0, 0.05) is 43.9 Å². The summed E-state index contributed by atoms with van der Waals surface area (Å²) in [5.41, 5.74) is 0.696. The molecule has 184 valence electrons. The smallest absolute Gasteiger partial charge is 0.267 e. The lowest BCUT2D eigenvalue weighted by Gasteiger charge is -2.33. The quantitative estimate of drug-likeness (QED) is 0.481. The Bertz CT molecular complexity index is 1210. The maximum Gasteiger partial charge on any atom is 0.267 e. The van der Waals surface area contributed by atoms with E-state index in [0.29, 0.717) is 17.1 Å². The predicted molar refractivity (Wildman–Crippen MR) is 129 cm³/mol. The van der Waals surface area contributed by atoms with Gasteiger partial charge in [-0.25, -0.2) is 19.0 Å². The number of hydrogen-bond donors (Lipinski definition) is 1. The van der Waals surface area contributed by atoms with Crippen molar-refractivity contribution >= 4 is 11.7 Å². The minimum absolute atomic E-state index is 0.204. The van der Waals surface area contributed by atoms with Crippen molar-refractivity contribution in [3.8, 4) is 17.1 Å². The molecule has 10 nitrogen and oxygen atoms in total. The molecule has 35 heavy (non-hydrogen) atoms. The summed E-state index contributed by atoms with van der Waals surface area (Å²) in [7, 11) is 2.09. The second-order valence-corrected chi connectivity index (χ2v) is 8.33. The summed E-state index contributed by atoms with van der Waals surface area (Å²) < 4.78 is 20.0. The van der Waals surface area contributed by atoms with Crippen LogP contribution in [0.1, 0.15) is 13.0 Å². The van der Waals surface area contributed by atoms with Crippen LogP contribution in [0, 0.1) is 5.82 Å². The first-order valence-corrected chi connectivity index (χ1v) is 11.4. The molecule has 1 aliphatic heterocycles. The van der Waals surface area contributed by atoms with Crippen molar-refractivity contribution in [2.75, 3.05) is 51.3 Å². The number of carbonyl (C=O) groups excluding carboxylic acids is 1. The summed E-state index contributed by atoms with van der Waals surface area (Å²) >= 11 is 0. The van der Waals surface area contributed by atoms with E-state index in [4.69, 9.17) is 4.74 Å². The number of anilines is 1. The highest BCUT2D eigenvalue weighted by Crippen LogP contribution is 2.18. The van der Waals surface area contributed by atoms with Crippen LogP contribution in [0.3, 0.4) is 0 Å². The molecular formula is C24H28FN7O3. The van der Waals surface area contributed by atoms with Crippen molar-refractivity contribution in [1.82, 2.24) is 30.0 Å². The summed E-state index contributed by atoms with van der Waals surface area (Å²) in [6, 6.07) is 9.59. The number of likely N-dealkylation sites (N-methyl/N-ethyl adjacent to an activating group) is 1. The van der Waals surface area contributed by atoms with Crippen molar-refractivity contribution in [2.45, 2.75) is 13.0 Å². The Hall–Kier alpha value is -3.86. The molecular weight excluding hydrogens is 453 g/mol. The second kappa shape index (κ2) is 11.0. The average Bonchev–Trinajstić information content (AvgIpc) is 2.87. The molecule has 0 spiro atoms. The summed E-state index contributed by atoms with van der Waals surface area (Å²) in [5, 5.41) is 7.05. The molecule has 0 radical (unpaired) electrons. The summed E-state index contributed by atoms with van der Waals surface area (Å²) in [5.74, 6) is 0.503. The number of aromatic nitrogens is 4. The SMILES string of the molecule is CC(C(=O)NCCOc1cc(N2CCN(C)CC2)ncn1)n1nc(-c2ccc(F)cc2)ccc1=O. The van der Waals surface area contributed by atoms with Gasteiger partial charge in [0.25, 0.3) is 5.56 Å². The van der Waals surface area contributed by atoms with Gasteiger partial charge in [-0.3, -0.25) is 9.59 Å². The van der Waals surface area contributed by atoms with Crippen LogP contribution >= 0.6 is 0 Å². The fourth-order valence-electron chi connectivity index (χ4n) is 3.68. The highest BCUT2D eigenvalue weighted by molar-refractivity contribution is 5.79. The number of nitrogens with one attached hydrogen (secondary N) is 1. The standard InChI is InChI=1S/C24H28FN7O3/c1-17(32-23(33)8-7-20(29-32)18-3-5-19(25)6-4-18)24(34)26-9-14-35-22-15-21(27-16-28-22)31-12-10-30(2)11-13-31/h3-8,15-17H,9-14H2,1-2H3,(H,26,34). The van der Waals surface area contributed by atoms with Gasteiger partial charge < -0.3 is 19.9 Å². The zero-order valence-corrected chi connectivity index (χ0v) is 19.7. The fraction of sp³-hybridized carbons (Fsp3) is 0.375. The van der Waals surface area contributed by atoms with Crippen LogP contribution in [0.4, 0.5) is 10.2 Å². The molecule has 0 bridgehead atoms. The predicted octanol–water partition coefficient (Wildman–Crippen LogP) is 1.35. The molecule has 1 N–H and O–H groups in total. The normalized spacial score (nSPS) is 15.0. The Morgan fingerprint density at radius 2 is 1.86 bits per heavy atom. The molecule has 1 atom stereocenters. The van der Waals surface area contributed by atoms with Crippen LogP contribution < -0.4 is 20.5 Å². The van der Waals surface area contributed by atoms with Crippen LogP contribution in [0.15, 0.2) is 53.6 Å². The maximum absolute atomic E-state index is 13.2. The van der Waals surface area contributed by atoms with Crippen LogP contribution in [0.2, 0.25) is 0 Å². The number of halogens is 1. The molecule has 1 aliphatic rings. The lowest BCUT2D eigenvalue weighted by molar-refractivity contribution is -0.124. The minimum atomic E-state index is -0.842. The first-order chi connectivity index (χ1) is 16.9. The van der Waals surface area contributed by atoms with Gasteiger partial charge in [-0.2, -0.15) is 5.10 Å². The van der Waals surface area contributed by atoms with E-state index in [-0.39, 0.29) is 24.9 Å². The highest BCUT2D eigenvalue weighted by atomic mass is 19.1. The Balaban J connectivity index is 1.31. The molecule has 1 aromatic carbocycles. The van der Waals surface area contributed by atoms with E-state index in [1.807, 2.05) is 0 Å². The van der Waals surface area contributed by atoms with Gasteiger partial charge in [0.05, 0.1) is 12.2 Å². The Morgan fingerprint density at radius 1 is 1.11 bits per heavy atom. The number of hydrogen-bond acceptors (Lipinski definition) is 8. The first-order valence-electron chi connectivity index (χ1n) is 11.4. The molecule has 1 saturated heterocycles. The molecule has 1 amide bonds. The zero-order chi connectivity index (χ0) is 24.8. The molecule has 2 aromatic heterocycles. The van der Waals surface area contributed by atoms with E-state index in [1.165, 1.54) is 24.5 Å². The van der Waals surface area contributed by atoms with Crippen molar-refractivity contribution in [2.24, 2.45) is 0 Å². The number of benzene rings is 1. The second-order valence-electron chi connectivity index (χ2n) is 8.33. The fourth-order valence-corrected chi connectivity index (χ4v) is 3.68. The van der Waals surface area contributed by atoms with Crippen molar-refractivity contribution in [3.63, 3.8) is 0 Å². The molecule has 11 heteroatoms. The van der Waals surface area contributed by atoms with Gasteiger partial charge in [0.2, 0.25) is 11.8 Å². The maximum atomic E-state index is 13.2. The molecule has 3 heterocycles.